The van der Waals surface area contributed by atoms with Gasteiger partial charge in [-0.25, -0.2) is 4.98 Å². The van der Waals surface area contributed by atoms with E-state index in [9.17, 15) is 13.2 Å². The van der Waals surface area contributed by atoms with E-state index < -0.39 is 12.2 Å². The molecule has 2 fully saturated rings. The second-order valence-corrected chi connectivity index (χ2v) is 7.79. The molecule has 1 N–H and O–H groups in total. The molecule has 0 saturated carbocycles. The summed E-state index contributed by atoms with van der Waals surface area (Å²) in [6, 6.07) is 2.62. The number of nitrogens with one attached hydrogen (secondary N) is 1. The normalized spacial score (nSPS) is 22.9. The van der Waals surface area contributed by atoms with Crippen LogP contribution in [0, 0.1) is 0 Å². The molecule has 2 saturated heterocycles. The van der Waals surface area contributed by atoms with E-state index in [1.165, 1.54) is 11.8 Å². The van der Waals surface area contributed by atoms with Crippen molar-refractivity contribution in [3.63, 3.8) is 0 Å². The second kappa shape index (κ2) is 9.82. The van der Waals surface area contributed by atoms with Crippen LogP contribution < -0.4 is 10.2 Å². The van der Waals surface area contributed by atoms with Gasteiger partial charge >= 0.3 is 6.18 Å². The summed E-state index contributed by atoms with van der Waals surface area (Å²) in [5, 5.41) is 3.30. The van der Waals surface area contributed by atoms with Crippen LogP contribution in [0.2, 0.25) is 0 Å². The van der Waals surface area contributed by atoms with Crippen LogP contribution in [0.5, 0.6) is 0 Å². The summed E-state index contributed by atoms with van der Waals surface area (Å²) < 4.78 is 44.3. The quantitative estimate of drug-likeness (QED) is 0.585. The van der Waals surface area contributed by atoms with Crippen molar-refractivity contribution in [2.45, 2.75) is 38.7 Å². The Balaban J connectivity index is 1.49. The fourth-order valence-corrected chi connectivity index (χ4v) is 3.78. The Kier molecular flexibility index (Phi) is 7.41. The number of ether oxygens (including phenoxy) is 1. The molecule has 3 rings (SSSR count). The number of piperazine rings is 1. The highest BCUT2D eigenvalue weighted by atomic mass is 19.4. The van der Waals surface area contributed by atoms with Gasteiger partial charge in [0.1, 0.15) is 11.9 Å². The minimum absolute atomic E-state index is 0.199. The molecule has 3 heterocycles. The molecule has 0 spiro atoms. The van der Waals surface area contributed by atoms with E-state index in [0.717, 1.165) is 24.5 Å². The van der Waals surface area contributed by atoms with Crippen molar-refractivity contribution in [3.05, 3.63) is 23.9 Å². The van der Waals surface area contributed by atoms with Gasteiger partial charge in [0.05, 0.1) is 12.7 Å². The minimum Gasteiger partial charge on any atom is -0.375 e. The van der Waals surface area contributed by atoms with E-state index in [1.54, 1.807) is 7.05 Å². The molecule has 1 aromatic rings. The maximum atomic E-state index is 12.9. The molecule has 2 aliphatic heterocycles. The Morgan fingerprint density at radius 1 is 1.27 bits per heavy atom. The highest BCUT2D eigenvalue weighted by Crippen LogP contribution is 2.25. The van der Waals surface area contributed by atoms with E-state index in [0.29, 0.717) is 45.3 Å². The molecule has 0 aliphatic carbocycles. The first-order chi connectivity index (χ1) is 14.3. The van der Waals surface area contributed by atoms with Gasteiger partial charge in [-0.15, -0.1) is 0 Å². The van der Waals surface area contributed by atoms with Crippen molar-refractivity contribution in [1.29, 1.82) is 0 Å². The minimum atomic E-state index is -4.19. The third kappa shape index (κ3) is 5.75. The fourth-order valence-electron chi connectivity index (χ4n) is 3.78. The van der Waals surface area contributed by atoms with Crippen molar-refractivity contribution >= 4 is 11.8 Å². The molecule has 0 aromatic carbocycles. The van der Waals surface area contributed by atoms with Crippen LogP contribution in [0.3, 0.4) is 0 Å². The van der Waals surface area contributed by atoms with Crippen molar-refractivity contribution in [2.24, 2.45) is 4.99 Å². The predicted molar refractivity (Wildman–Crippen MR) is 111 cm³/mol. The zero-order chi connectivity index (χ0) is 21.7. The van der Waals surface area contributed by atoms with E-state index in [1.807, 2.05) is 23.2 Å². The molecule has 2 atom stereocenters. The maximum absolute atomic E-state index is 12.9. The van der Waals surface area contributed by atoms with Gasteiger partial charge in [-0.1, -0.05) is 6.07 Å². The summed E-state index contributed by atoms with van der Waals surface area (Å²) in [7, 11) is 1.69. The Bertz CT molecular complexity index is 703. The number of guanidine groups is 1. The average Bonchev–Trinajstić information content (AvgIpc) is 2.74. The largest absolute Gasteiger partial charge is 0.403 e. The predicted octanol–water partition coefficient (Wildman–Crippen LogP) is 1.95. The molecule has 0 amide bonds. The Hall–Kier alpha value is -2.07. The molecule has 30 heavy (non-hydrogen) atoms. The zero-order valence-corrected chi connectivity index (χ0v) is 17.8. The summed E-state index contributed by atoms with van der Waals surface area (Å²) in [4.78, 5) is 14.5. The van der Waals surface area contributed by atoms with Gasteiger partial charge in [-0.05, 0) is 25.5 Å². The number of anilines is 1. The highest BCUT2D eigenvalue weighted by Gasteiger charge is 2.41. The number of aromatic nitrogens is 1. The van der Waals surface area contributed by atoms with Gasteiger partial charge in [-0.2, -0.15) is 13.2 Å². The van der Waals surface area contributed by atoms with Crippen LogP contribution in [0.25, 0.3) is 0 Å². The van der Waals surface area contributed by atoms with Crippen molar-refractivity contribution < 1.29 is 17.9 Å². The number of hydrogen-bond acceptors (Lipinski definition) is 5. The van der Waals surface area contributed by atoms with Crippen LogP contribution in [0.1, 0.15) is 19.4 Å². The molecule has 0 bridgehead atoms. The molecule has 0 radical (unpaired) electrons. The number of hydrogen-bond donors (Lipinski definition) is 1. The van der Waals surface area contributed by atoms with Crippen molar-refractivity contribution in [1.82, 2.24) is 20.1 Å². The molecular formula is C20H31F3N6O. The fraction of sp³-hybridized carbons (Fsp3) is 0.700. The summed E-state index contributed by atoms with van der Waals surface area (Å²) in [6.45, 7) is 7.92. The third-order valence-corrected chi connectivity index (χ3v) is 5.67. The van der Waals surface area contributed by atoms with Gasteiger partial charge in [-0.3, -0.25) is 9.89 Å². The standard InChI is InChI=1S/C20H31F3N6O/c1-15-14-29(10-11-30-15)18-5-4-17(12-25-18)13-26-19(24-3)28-8-6-27(7-9-28)16(2)20(21,22)23/h4-5,12,15-16H,6-11,13-14H2,1-3H3,(H,24,26). The number of pyridine rings is 1. The Labute approximate surface area is 175 Å². The monoisotopic (exact) mass is 428 g/mol. The molecule has 1 aromatic heterocycles. The number of halogens is 3. The lowest BCUT2D eigenvalue weighted by molar-refractivity contribution is -0.181. The average molecular weight is 429 g/mol. The Morgan fingerprint density at radius 2 is 2.00 bits per heavy atom. The van der Waals surface area contributed by atoms with E-state index in [-0.39, 0.29) is 6.10 Å². The molecule has 2 aliphatic rings. The van der Waals surface area contributed by atoms with Gasteiger partial charge in [0.2, 0.25) is 0 Å². The molecule has 2 unspecified atom stereocenters. The van der Waals surface area contributed by atoms with E-state index >= 15 is 0 Å². The van der Waals surface area contributed by atoms with Gasteiger partial charge < -0.3 is 19.9 Å². The topological polar surface area (TPSA) is 56.2 Å². The summed E-state index contributed by atoms with van der Waals surface area (Å²) in [5.74, 6) is 1.63. The molecular weight excluding hydrogens is 397 g/mol. The highest BCUT2D eigenvalue weighted by molar-refractivity contribution is 5.80. The van der Waals surface area contributed by atoms with Crippen molar-refractivity contribution in [3.8, 4) is 0 Å². The lowest BCUT2D eigenvalue weighted by Crippen LogP contribution is -2.56. The number of rotatable bonds is 4. The number of alkyl halides is 3. The molecule has 7 nitrogen and oxygen atoms in total. The van der Waals surface area contributed by atoms with E-state index in [2.05, 4.69) is 27.1 Å². The SMILES string of the molecule is CN=C(NCc1ccc(N2CCOC(C)C2)nc1)N1CCN(C(C)C(F)(F)F)CC1. The number of aliphatic imine (C=N–C) groups is 1. The summed E-state index contributed by atoms with van der Waals surface area (Å²) in [5.41, 5.74) is 1.02. The van der Waals surface area contributed by atoms with Gasteiger partial charge in [0, 0.05) is 59.1 Å². The zero-order valence-electron chi connectivity index (χ0n) is 17.8. The van der Waals surface area contributed by atoms with Crippen LogP contribution >= 0.6 is 0 Å². The van der Waals surface area contributed by atoms with Gasteiger partial charge in [0.25, 0.3) is 0 Å². The smallest absolute Gasteiger partial charge is 0.375 e. The molecule has 168 valence electrons. The Morgan fingerprint density at radius 3 is 2.57 bits per heavy atom. The first-order valence-corrected chi connectivity index (χ1v) is 10.4. The second-order valence-electron chi connectivity index (χ2n) is 7.79. The first-order valence-electron chi connectivity index (χ1n) is 10.4. The van der Waals surface area contributed by atoms with Crippen LogP contribution in [0.4, 0.5) is 19.0 Å². The van der Waals surface area contributed by atoms with Gasteiger partial charge in [0.15, 0.2) is 5.96 Å². The van der Waals surface area contributed by atoms with Crippen molar-refractivity contribution in [2.75, 3.05) is 57.8 Å². The summed E-state index contributed by atoms with van der Waals surface area (Å²) >= 11 is 0. The molecule has 10 heteroatoms. The maximum Gasteiger partial charge on any atom is 0.403 e. The van der Waals surface area contributed by atoms with E-state index in [4.69, 9.17) is 4.74 Å². The summed E-state index contributed by atoms with van der Waals surface area (Å²) in [6.07, 6.45) is -2.15. The third-order valence-electron chi connectivity index (χ3n) is 5.67. The van der Waals surface area contributed by atoms with Crippen LogP contribution in [-0.2, 0) is 11.3 Å². The van der Waals surface area contributed by atoms with Crippen LogP contribution in [-0.4, -0.2) is 92.0 Å². The lowest BCUT2D eigenvalue weighted by atomic mass is 10.2. The lowest BCUT2D eigenvalue weighted by Gasteiger charge is -2.39. The number of morpholine rings is 1. The van der Waals surface area contributed by atoms with Crippen LogP contribution in [0.15, 0.2) is 23.3 Å². The number of nitrogens with zero attached hydrogens (tertiary/aromatic N) is 5. The first kappa shape index (κ1) is 22.6.